The third-order valence-electron chi connectivity index (χ3n) is 5.58. The normalized spacial score (nSPS) is 24.9. The number of nitrogens with one attached hydrogen (secondary N) is 2. The topological polar surface area (TPSA) is 65.2 Å². The van der Waals surface area contributed by atoms with E-state index < -0.39 is 0 Å². The number of fused-ring (bicyclic) bond motifs is 1. The Morgan fingerprint density at radius 1 is 1.27 bits per heavy atom. The van der Waals surface area contributed by atoms with E-state index in [1.54, 1.807) is 18.3 Å². The molecule has 1 saturated carbocycles. The van der Waals surface area contributed by atoms with Crippen LogP contribution >= 0.6 is 0 Å². The van der Waals surface area contributed by atoms with E-state index in [0.29, 0.717) is 36.2 Å². The van der Waals surface area contributed by atoms with Gasteiger partial charge in [0.15, 0.2) is 0 Å². The number of benzene rings is 1. The summed E-state index contributed by atoms with van der Waals surface area (Å²) in [7, 11) is 0. The smallest absolute Gasteiger partial charge is 0.267 e. The number of carbonyl (C=O) groups excluding carboxylic acids is 2. The number of hydrogen-bond donors (Lipinski definition) is 2. The zero-order valence-electron chi connectivity index (χ0n) is 14.8. The number of aryl methyl sites for hydroxylation is 1. The first-order valence-electron chi connectivity index (χ1n) is 8.94. The molecule has 4 rings (SSSR count). The Balaban J connectivity index is 1.34. The van der Waals surface area contributed by atoms with Crippen LogP contribution in [0.2, 0.25) is 0 Å². The number of likely N-dealkylation sites (tertiary alicyclic amines) is 1. The highest BCUT2D eigenvalue weighted by Gasteiger charge is 2.57. The van der Waals surface area contributed by atoms with Crippen molar-refractivity contribution in [1.82, 2.24) is 15.2 Å². The number of halogens is 1. The van der Waals surface area contributed by atoms with E-state index in [2.05, 4.69) is 10.3 Å². The van der Waals surface area contributed by atoms with Crippen molar-refractivity contribution in [3.05, 3.63) is 59.2 Å². The fraction of sp³-hybridized carbons (Fsp3) is 0.400. The molecule has 6 heteroatoms. The zero-order valence-corrected chi connectivity index (χ0v) is 14.8. The van der Waals surface area contributed by atoms with Crippen molar-refractivity contribution < 1.29 is 14.0 Å². The van der Waals surface area contributed by atoms with Crippen molar-refractivity contribution in [2.24, 2.45) is 11.8 Å². The molecule has 26 heavy (non-hydrogen) atoms. The van der Waals surface area contributed by atoms with E-state index in [9.17, 15) is 14.0 Å². The molecule has 136 valence electrons. The summed E-state index contributed by atoms with van der Waals surface area (Å²) in [4.78, 5) is 29.6. The number of hydrogen-bond acceptors (Lipinski definition) is 2. The zero-order chi connectivity index (χ0) is 18.4. The van der Waals surface area contributed by atoms with Gasteiger partial charge >= 0.3 is 0 Å². The molecule has 0 spiro atoms. The molecule has 4 atom stereocenters. The SMILES string of the molecule is Cc1cc(F)cc(C(C)C(=O)N2C[C@@H]3C(NC(=O)c4ccc[nH]4)[C@@H]3C2)c1. The van der Waals surface area contributed by atoms with Gasteiger partial charge in [0.25, 0.3) is 5.91 Å². The lowest BCUT2D eigenvalue weighted by molar-refractivity contribution is -0.131. The largest absolute Gasteiger partial charge is 0.357 e. The van der Waals surface area contributed by atoms with Crippen LogP contribution in [0.1, 0.15) is 34.5 Å². The molecule has 2 aliphatic rings. The highest BCUT2D eigenvalue weighted by Crippen LogP contribution is 2.46. The summed E-state index contributed by atoms with van der Waals surface area (Å²) in [5.74, 6) is -0.115. The van der Waals surface area contributed by atoms with E-state index in [4.69, 9.17) is 0 Å². The minimum Gasteiger partial charge on any atom is -0.357 e. The first-order valence-corrected chi connectivity index (χ1v) is 8.94. The average molecular weight is 355 g/mol. The molecule has 1 aromatic carbocycles. The molecule has 2 amide bonds. The molecule has 2 fully saturated rings. The quantitative estimate of drug-likeness (QED) is 0.885. The van der Waals surface area contributed by atoms with Crippen LogP contribution < -0.4 is 5.32 Å². The molecule has 0 bridgehead atoms. The van der Waals surface area contributed by atoms with Gasteiger partial charge in [0, 0.05) is 37.2 Å². The lowest BCUT2D eigenvalue weighted by Gasteiger charge is -2.24. The van der Waals surface area contributed by atoms with Crippen LogP contribution in [0.3, 0.4) is 0 Å². The van der Waals surface area contributed by atoms with E-state index in [0.717, 1.165) is 5.56 Å². The van der Waals surface area contributed by atoms with Crippen molar-refractivity contribution in [3.8, 4) is 0 Å². The summed E-state index contributed by atoms with van der Waals surface area (Å²) in [6.07, 6.45) is 1.72. The molecular weight excluding hydrogens is 333 g/mol. The van der Waals surface area contributed by atoms with E-state index >= 15 is 0 Å². The third kappa shape index (κ3) is 3.00. The summed E-state index contributed by atoms with van der Waals surface area (Å²) < 4.78 is 13.6. The average Bonchev–Trinajstić information content (AvgIpc) is 3.06. The molecule has 0 radical (unpaired) electrons. The fourth-order valence-electron chi connectivity index (χ4n) is 4.05. The number of piperidine rings is 1. The van der Waals surface area contributed by atoms with Gasteiger partial charge in [-0.25, -0.2) is 4.39 Å². The monoisotopic (exact) mass is 355 g/mol. The van der Waals surface area contributed by atoms with Gasteiger partial charge in [-0.15, -0.1) is 0 Å². The van der Waals surface area contributed by atoms with Crippen LogP contribution in [-0.2, 0) is 4.79 Å². The van der Waals surface area contributed by atoms with Crippen molar-refractivity contribution in [2.45, 2.75) is 25.8 Å². The number of nitrogens with zero attached hydrogens (tertiary/aromatic N) is 1. The van der Waals surface area contributed by atoms with E-state index in [1.807, 2.05) is 24.8 Å². The highest BCUT2D eigenvalue weighted by molar-refractivity contribution is 5.93. The molecule has 2 unspecified atom stereocenters. The van der Waals surface area contributed by atoms with Crippen LogP contribution in [0.4, 0.5) is 4.39 Å². The van der Waals surface area contributed by atoms with Gasteiger partial charge in [0.05, 0.1) is 5.92 Å². The molecule has 5 nitrogen and oxygen atoms in total. The molecule has 1 aliphatic carbocycles. The van der Waals surface area contributed by atoms with Crippen LogP contribution in [0.15, 0.2) is 36.5 Å². The minimum absolute atomic E-state index is 0.0247. The summed E-state index contributed by atoms with van der Waals surface area (Å²) in [6, 6.07) is 8.43. The maximum absolute atomic E-state index is 13.6. The molecule has 2 N–H and O–H groups in total. The standard InChI is InChI=1S/C20H22FN3O2/c1-11-6-13(8-14(21)7-11)12(2)20(26)24-9-15-16(10-24)18(15)23-19(25)17-4-3-5-22-17/h3-8,12,15-16,18,22H,9-10H2,1-2H3,(H,23,25)/t12?,15-,16+,18?. The maximum atomic E-state index is 13.6. The molecule has 2 aromatic rings. The van der Waals surface area contributed by atoms with Gasteiger partial charge in [-0.3, -0.25) is 9.59 Å². The van der Waals surface area contributed by atoms with Gasteiger partial charge in [0.2, 0.25) is 5.91 Å². The van der Waals surface area contributed by atoms with Gasteiger partial charge in [-0.05, 0) is 49.2 Å². The molecule has 1 aromatic heterocycles. The first-order chi connectivity index (χ1) is 12.4. The third-order valence-corrected chi connectivity index (χ3v) is 5.58. The second-order valence-corrected chi connectivity index (χ2v) is 7.44. The van der Waals surface area contributed by atoms with Gasteiger partial charge < -0.3 is 15.2 Å². The number of H-pyrrole nitrogens is 1. The van der Waals surface area contributed by atoms with Gasteiger partial charge in [-0.1, -0.05) is 6.07 Å². The second kappa shape index (κ2) is 6.27. The summed E-state index contributed by atoms with van der Waals surface area (Å²) in [5, 5.41) is 3.04. The Morgan fingerprint density at radius 2 is 2.00 bits per heavy atom. The predicted molar refractivity (Wildman–Crippen MR) is 95.2 cm³/mol. The Bertz CT molecular complexity index is 816. The second-order valence-electron chi connectivity index (χ2n) is 7.44. The Kier molecular flexibility index (Phi) is 4.05. The summed E-state index contributed by atoms with van der Waals surface area (Å²) in [5.41, 5.74) is 2.08. The fourth-order valence-corrected chi connectivity index (χ4v) is 4.05. The number of aromatic amines is 1. The van der Waals surface area contributed by atoms with E-state index in [1.165, 1.54) is 12.1 Å². The van der Waals surface area contributed by atoms with Crippen molar-refractivity contribution in [1.29, 1.82) is 0 Å². The number of rotatable bonds is 4. The number of amides is 2. The van der Waals surface area contributed by atoms with Crippen LogP contribution in [0.5, 0.6) is 0 Å². The maximum Gasteiger partial charge on any atom is 0.267 e. The lowest BCUT2D eigenvalue weighted by Crippen LogP contribution is -2.39. The van der Waals surface area contributed by atoms with Gasteiger partial charge in [0.1, 0.15) is 11.5 Å². The molecule has 1 saturated heterocycles. The van der Waals surface area contributed by atoms with Crippen LogP contribution in [0.25, 0.3) is 0 Å². The highest BCUT2D eigenvalue weighted by atomic mass is 19.1. The Hall–Kier alpha value is -2.63. The Morgan fingerprint density at radius 3 is 2.62 bits per heavy atom. The minimum atomic E-state index is -0.367. The summed E-state index contributed by atoms with van der Waals surface area (Å²) in [6.45, 7) is 4.95. The molecule has 2 heterocycles. The van der Waals surface area contributed by atoms with Crippen molar-refractivity contribution >= 4 is 11.8 Å². The first kappa shape index (κ1) is 16.8. The van der Waals surface area contributed by atoms with Crippen LogP contribution in [0, 0.1) is 24.6 Å². The van der Waals surface area contributed by atoms with Crippen molar-refractivity contribution in [3.63, 3.8) is 0 Å². The molecule has 1 aliphatic heterocycles. The summed E-state index contributed by atoms with van der Waals surface area (Å²) >= 11 is 0. The molecular formula is C20H22FN3O2. The number of aromatic nitrogens is 1. The van der Waals surface area contributed by atoms with Crippen molar-refractivity contribution in [2.75, 3.05) is 13.1 Å². The lowest BCUT2D eigenvalue weighted by atomic mass is 9.97. The number of carbonyl (C=O) groups is 2. The van der Waals surface area contributed by atoms with Crippen LogP contribution in [-0.4, -0.2) is 40.8 Å². The Labute approximate surface area is 151 Å². The van der Waals surface area contributed by atoms with Gasteiger partial charge in [-0.2, -0.15) is 0 Å². The predicted octanol–water partition coefficient (Wildman–Crippen LogP) is 2.45. The van der Waals surface area contributed by atoms with E-state index in [-0.39, 0.29) is 29.6 Å².